The summed E-state index contributed by atoms with van der Waals surface area (Å²) in [6, 6.07) is 12.1. The number of amides is 1. The molecule has 1 atom stereocenters. The number of aryl methyl sites for hydroxylation is 1. The largest absolute Gasteiger partial charge is 0.480 e. The van der Waals surface area contributed by atoms with Crippen LogP contribution in [0.15, 0.2) is 55.1 Å². The molecule has 1 aliphatic rings. The maximum absolute atomic E-state index is 13.2. The molecule has 1 aliphatic heterocycles. The van der Waals surface area contributed by atoms with Crippen molar-refractivity contribution in [1.29, 1.82) is 0 Å². The molecule has 7 heteroatoms. The predicted molar refractivity (Wildman–Crippen MR) is 97.5 cm³/mol. The molecule has 0 aliphatic carbocycles. The first kappa shape index (κ1) is 17.0. The smallest absolute Gasteiger partial charge is 0.326 e. The molecule has 1 N–H and O–H groups in total. The van der Waals surface area contributed by atoms with Crippen molar-refractivity contribution in [2.75, 3.05) is 0 Å². The fourth-order valence-electron chi connectivity index (χ4n) is 3.48. The molecular weight excluding hydrogens is 344 g/mol. The lowest BCUT2D eigenvalue weighted by Gasteiger charge is -2.34. The van der Waals surface area contributed by atoms with Gasteiger partial charge in [-0.2, -0.15) is 5.10 Å². The van der Waals surface area contributed by atoms with Crippen LogP contribution in [0.4, 0.5) is 0 Å². The van der Waals surface area contributed by atoms with E-state index in [0.29, 0.717) is 12.0 Å². The lowest BCUT2D eigenvalue weighted by atomic mass is 9.93. The van der Waals surface area contributed by atoms with Crippen molar-refractivity contribution in [2.24, 2.45) is 0 Å². The minimum atomic E-state index is -0.991. The second-order valence-corrected chi connectivity index (χ2v) is 6.60. The highest BCUT2D eigenvalue weighted by Gasteiger charge is 2.35. The summed E-state index contributed by atoms with van der Waals surface area (Å²) in [6.07, 6.45) is 3.34. The number of rotatable bonds is 3. The molecule has 2 aromatic carbocycles. The molecule has 0 fully saturated rings. The van der Waals surface area contributed by atoms with Gasteiger partial charge >= 0.3 is 5.97 Å². The van der Waals surface area contributed by atoms with E-state index in [-0.39, 0.29) is 12.5 Å². The number of benzene rings is 2. The highest BCUT2D eigenvalue weighted by Crippen LogP contribution is 2.26. The van der Waals surface area contributed by atoms with Gasteiger partial charge in [0.05, 0.1) is 5.69 Å². The first-order chi connectivity index (χ1) is 13.0. The van der Waals surface area contributed by atoms with Gasteiger partial charge in [0.2, 0.25) is 0 Å². The Kier molecular flexibility index (Phi) is 4.19. The summed E-state index contributed by atoms with van der Waals surface area (Å²) in [5.41, 5.74) is 4.01. The van der Waals surface area contributed by atoms with Crippen LogP contribution >= 0.6 is 0 Å². The molecular formula is C20H18N4O3. The van der Waals surface area contributed by atoms with E-state index in [1.54, 1.807) is 23.1 Å². The van der Waals surface area contributed by atoms with E-state index < -0.39 is 12.0 Å². The molecule has 136 valence electrons. The lowest BCUT2D eigenvalue weighted by molar-refractivity contribution is -0.142. The topological polar surface area (TPSA) is 88.3 Å². The molecule has 7 nitrogen and oxygen atoms in total. The summed E-state index contributed by atoms with van der Waals surface area (Å²) in [6.45, 7) is 2.12. The van der Waals surface area contributed by atoms with Gasteiger partial charge < -0.3 is 10.0 Å². The molecule has 0 saturated carbocycles. The third-order valence-corrected chi connectivity index (χ3v) is 4.92. The fourth-order valence-corrected chi connectivity index (χ4v) is 3.48. The first-order valence-corrected chi connectivity index (χ1v) is 8.61. The zero-order valence-electron chi connectivity index (χ0n) is 14.7. The third kappa shape index (κ3) is 3.08. The Hall–Kier alpha value is -3.48. The Morgan fingerprint density at radius 3 is 2.59 bits per heavy atom. The van der Waals surface area contributed by atoms with Crippen molar-refractivity contribution in [2.45, 2.75) is 25.9 Å². The highest BCUT2D eigenvalue weighted by atomic mass is 16.4. The van der Waals surface area contributed by atoms with Crippen molar-refractivity contribution < 1.29 is 14.7 Å². The molecule has 4 rings (SSSR count). The molecule has 1 amide bonds. The Balaban J connectivity index is 1.68. The first-order valence-electron chi connectivity index (χ1n) is 8.61. The van der Waals surface area contributed by atoms with Crippen molar-refractivity contribution in [3.05, 3.63) is 77.4 Å². The van der Waals surface area contributed by atoms with E-state index in [2.05, 4.69) is 10.1 Å². The Morgan fingerprint density at radius 1 is 1.15 bits per heavy atom. The Morgan fingerprint density at radius 2 is 1.93 bits per heavy atom. The van der Waals surface area contributed by atoms with Crippen molar-refractivity contribution in [1.82, 2.24) is 19.7 Å². The minimum Gasteiger partial charge on any atom is -0.480 e. The number of aromatic nitrogens is 3. The number of hydrogen-bond acceptors (Lipinski definition) is 4. The van der Waals surface area contributed by atoms with Crippen LogP contribution in [0.5, 0.6) is 0 Å². The minimum absolute atomic E-state index is 0.278. The van der Waals surface area contributed by atoms with Crippen molar-refractivity contribution in [3.63, 3.8) is 0 Å². The second kappa shape index (κ2) is 6.68. The average Bonchev–Trinajstić information content (AvgIpc) is 3.21. The van der Waals surface area contributed by atoms with Crippen LogP contribution in [0.1, 0.15) is 27.0 Å². The van der Waals surface area contributed by atoms with Crippen LogP contribution in [0, 0.1) is 6.92 Å². The fraction of sp³-hybridized carbons (Fsp3) is 0.200. The van der Waals surface area contributed by atoms with Gasteiger partial charge in [-0.15, -0.1) is 0 Å². The van der Waals surface area contributed by atoms with E-state index in [1.807, 2.05) is 37.3 Å². The number of aliphatic carboxylic acids is 1. The summed E-state index contributed by atoms with van der Waals surface area (Å²) in [5, 5.41) is 13.7. The molecule has 0 bridgehead atoms. The number of fused-ring (bicyclic) bond motifs is 1. The van der Waals surface area contributed by atoms with Gasteiger partial charge in [0.25, 0.3) is 5.91 Å². The molecule has 2 heterocycles. The molecule has 27 heavy (non-hydrogen) atoms. The summed E-state index contributed by atoms with van der Waals surface area (Å²) in [7, 11) is 0. The summed E-state index contributed by atoms with van der Waals surface area (Å²) < 4.78 is 1.61. The zero-order chi connectivity index (χ0) is 19.0. The van der Waals surface area contributed by atoms with Gasteiger partial charge in [0, 0.05) is 18.5 Å². The molecule has 0 saturated heterocycles. The standard InChI is InChI=1S/C20H18N4O3/c1-13-8-16(24-12-21-11-22-24)6-7-17(13)19(25)23-10-15-5-3-2-4-14(15)9-18(23)20(26)27/h2-8,11-12,18H,9-10H2,1H3,(H,26,27)/t18-/m1/s1. The van der Waals surface area contributed by atoms with Crippen LogP contribution in [0.3, 0.4) is 0 Å². The van der Waals surface area contributed by atoms with E-state index in [4.69, 9.17) is 0 Å². The molecule has 3 aromatic rings. The number of carboxylic acids is 1. The lowest BCUT2D eigenvalue weighted by Crippen LogP contribution is -2.48. The van der Waals surface area contributed by atoms with Crippen molar-refractivity contribution >= 4 is 11.9 Å². The van der Waals surface area contributed by atoms with Crippen LogP contribution in [-0.2, 0) is 17.8 Å². The van der Waals surface area contributed by atoms with E-state index in [1.165, 1.54) is 11.2 Å². The van der Waals surface area contributed by atoms with Crippen molar-refractivity contribution in [3.8, 4) is 5.69 Å². The number of nitrogens with zero attached hydrogens (tertiary/aromatic N) is 4. The van der Waals surface area contributed by atoms with Gasteiger partial charge in [-0.1, -0.05) is 24.3 Å². The number of carboxylic acid groups (broad SMARTS) is 1. The maximum Gasteiger partial charge on any atom is 0.326 e. The summed E-state index contributed by atoms with van der Waals surface area (Å²) >= 11 is 0. The van der Waals surface area contributed by atoms with Gasteiger partial charge in [-0.25, -0.2) is 14.5 Å². The normalized spacial score (nSPS) is 16.0. The molecule has 1 aromatic heterocycles. The van der Waals surface area contributed by atoms with E-state index in [9.17, 15) is 14.7 Å². The van der Waals surface area contributed by atoms with Crippen LogP contribution in [-0.4, -0.2) is 42.7 Å². The monoisotopic (exact) mass is 362 g/mol. The van der Waals surface area contributed by atoms with Crippen LogP contribution in [0.25, 0.3) is 5.69 Å². The average molecular weight is 362 g/mol. The molecule has 0 spiro atoms. The summed E-state index contributed by atoms with van der Waals surface area (Å²) in [5.74, 6) is -1.27. The van der Waals surface area contributed by atoms with Gasteiger partial charge in [-0.05, 0) is 41.8 Å². The number of carbonyl (C=O) groups is 2. The van der Waals surface area contributed by atoms with E-state index >= 15 is 0 Å². The number of carbonyl (C=O) groups excluding carboxylic acids is 1. The SMILES string of the molecule is Cc1cc(-n2cncn2)ccc1C(=O)N1Cc2ccccc2C[C@@H]1C(=O)O. The third-order valence-electron chi connectivity index (χ3n) is 4.92. The van der Waals surface area contributed by atoms with Crippen LogP contribution in [0.2, 0.25) is 0 Å². The maximum atomic E-state index is 13.2. The number of hydrogen-bond donors (Lipinski definition) is 1. The predicted octanol–water partition coefficient (Wildman–Crippen LogP) is 2.23. The van der Waals surface area contributed by atoms with Gasteiger partial charge in [0.15, 0.2) is 0 Å². The molecule has 0 unspecified atom stereocenters. The van der Waals surface area contributed by atoms with Crippen LogP contribution < -0.4 is 0 Å². The quantitative estimate of drug-likeness (QED) is 0.772. The summed E-state index contributed by atoms with van der Waals surface area (Å²) in [4.78, 5) is 30.3. The Labute approximate surface area is 155 Å². The van der Waals surface area contributed by atoms with E-state index in [0.717, 1.165) is 22.4 Å². The Bertz CT molecular complexity index is 1010. The van der Waals surface area contributed by atoms with Gasteiger partial charge in [-0.3, -0.25) is 4.79 Å². The second-order valence-electron chi connectivity index (χ2n) is 6.60. The van der Waals surface area contributed by atoms with Gasteiger partial charge in [0.1, 0.15) is 18.7 Å². The molecule has 0 radical (unpaired) electrons. The highest BCUT2D eigenvalue weighted by molar-refractivity contribution is 5.98. The zero-order valence-corrected chi connectivity index (χ0v) is 14.7.